The van der Waals surface area contributed by atoms with Crippen LogP contribution in [0, 0.1) is 6.92 Å². The van der Waals surface area contributed by atoms with Gasteiger partial charge in [0.25, 0.3) is 0 Å². The first-order chi connectivity index (χ1) is 14.0. The molecule has 0 atom stereocenters. The first-order valence-corrected chi connectivity index (χ1v) is 11.1. The molecule has 29 heavy (non-hydrogen) atoms. The summed E-state index contributed by atoms with van der Waals surface area (Å²) in [6.07, 6.45) is 0.648. The number of rotatable bonds is 8. The Hall–Kier alpha value is -2.02. The van der Waals surface area contributed by atoms with Crippen molar-refractivity contribution in [3.63, 3.8) is 0 Å². The molecule has 152 valence electrons. The number of carbonyl (C=O) groups is 1. The summed E-state index contributed by atoms with van der Waals surface area (Å²) in [6, 6.07) is 13.5. The second kappa shape index (κ2) is 10.1. The molecule has 0 spiro atoms. The quantitative estimate of drug-likeness (QED) is 0.490. The van der Waals surface area contributed by atoms with Gasteiger partial charge in [-0.2, -0.15) is 0 Å². The number of nitrogens with zero attached hydrogens (tertiary/aromatic N) is 3. The zero-order valence-electron chi connectivity index (χ0n) is 16.3. The Labute approximate surface area is 184 Å². The second-order valence-electron chi connectivity index (χ2n) is 6.54. The van der Waals surface area contributed by atoms with E-state index >= 15 is 0 Å². The van der Waals surface area contributed by atoms with Gasteiger partial charge in [0.15, 0.2) is 11.0 Å². The van der Waals surface area contributed by atoms with Crippen LogP contribution >= 0.6 is 35.0 Å². The second-order valence-corrected chi connectivity index (χ2v) is 8.33. The molecular weight excluding hydrogens is 427 g/mol. The molecule has 8 heteroatoms. The van der Waals surface area contributed by atoms with E-state index in [1.165, 1.54) is 17.3 Å². The molecule has 1 N–H and O–H groups in total. The zero-order chi connectivity index (χ0) is 20.8. The van der Waals surface area contributed by atoms with E-state index in [0.717, 1.165) is 28.7 Å². The molecule has 5 nitrogen and oxygen atoms in total. The Kier molecular flexibility index (Phi) is 7.58. The highest BCUT2D eigenvalue weighted by atomic mass is 35.5. The third kappa shape index (κ3) is 5.75. The molecule has 1 aromatic heterocycles. The van der Waals surface area contributed by atoms with Crippen molar-refractivity contribution in [1.29, 1.82) is 0 Å². The molecule has 0 aliphatic carbocycles. The zero-order valence-corrected chi connectivity index (χ0v) is 18.6. The fourth-order valence-electron chi connectivity index (χ4n) is 2.92. The van der Waals surface area contributed by atoms with Gasteiger partial charge in [0.05, 0.1) is 5.75 Å². The van der Waals surface area contributed by atoms with Crippen LogP contribution in [0.5, 0.6) is 0 Å². The molecule has 0 unspecified atom stereocenters. The molecule has 2 aromatic carbocycles. The van der Waals surface area contributed by atoms with E-state index in [4.69, 9.17) is 23.2 Å². The maximum absolute atomic E-state index is 12.2. The lowest BCUT2D eigenvalue weighted by Gasteiger charge is -2.09. The van der Waals surface area contributed by atoms with Gasteiger partial charge < -0.3 is 9.88 Å². The molecule has 0 saturated carbocycles. The van der Waals surface area contributed by atoms with E-state index in [-0.39, 0.29) is 11.7 Å². The summed E-state index contributed by atoms with van der Waals surface area (Å²) in [5.41, 5.74) is 3.15. The van der Waals surface area contributed by atoms with Crippen LogP contribution < -0.4 is 5.32 Å². The summed E-state index contributed by atoms with van der Waals surface area (Å²) in [7, 11) is 0. The van der Waals surface area contributed by atoms with Crippen molar-refractivity contribution in [3.8, 4) is 11.4 Å². The van der Waals surface area contributed by atoms with Crippen molar-refractivity contribution in [3.05, 3.63) is 63.6 Å². The third-order valence-corrected chi connectivity index (χ3v) is 5.93. The minimum atomic E-state index is -0.0529. The average molecular weight is 449 g/mol. The first kappa shape index (κ1) is 21.7. The van der Waals surface area contributed by atoms with Crippen LogP contribution in [0.15, 0.2) is 47.6 Å². The number of benzene rings is 2. The minimum absolute atomic E-state index is 0.0529. The Morgan fingerprint density at radius 2 is 2.00 bits per heavy atom. The van der Waals surface area contributed by atoms with Crippen LogP contribution in [0.2, 0.25) is 10.0 Å². The summed E-state index contributed by atoms with van der Waals surface area (Å²) in [5, 5.41) is 13.5. The van der Waals surface area contributed by atoms with Crippen molar-refractivity contribution in [1.82, 2.24) is 20.1 Å². The van der Waals surface area contributed by atoms with E-state index in [9.17, 15) is 4.79 Å². The van der Waals surface area contributed by atoms with Crippen LogP contribution in [0.25, 0.3) is 11.4 Å². The highest BCUT2D eigenvalue weighted by Gasteiger charge is 2.14. The van der Waals surface area contributed by atoms with E-state index in [2.05, 4.69) is 21.6 Å². The molecule has 1 amide bonds. The van der Waals surface area contributed by atoms with Crippen molar-refractivity contribution in [2.45, 2.75) is 32.0 Å². The van der Waals surface area contributed by atoms with Crippen LogP contribution in [-0.4, -0.2) is 33.0 Å². The van der Waals surface area contributed by atoms with Gasteiger partial charge >= 0.3 is 0 Å². The maximum Gasteiger partial charge on any atom is 0.230 e. The van der Waals surface area contributed by atoms with Gasteiger partial charge in [0.2, 0.25) is 5.91 Å². The fourth-order valence-corrected chi connectivity index (χ4v) is 4.26. The number of aryl methyl sites for hydroxylation is 1. The molecule has 0 saturated heterocycles. The number of halogens is 2. The number of thioether (sulfide) groups is 1. The molecule has 0 aliphatic rings. The number of aromatic nitrogens is 3. The van der Waals surface area contributed by atoms with Gasteiger partial charge in [-0.1, -0.05) is 64.8 Å². The molecule has 3 aromatic rings. The Morgan fingerprint density at radius 3 is 2.72 bits per heavy atom. The highest BCUT2D eigenvalue weighted by molar-refractivity contribution is 7.99. The van der Waals surface area contributed by atoms with Crippen molar-refractivity contribution < 1.29 is 4.79 Å². The first-order valence-electron chi connectivity index (χ1n) is 9.31. The normalized spacial score (nSPS) is 10.9. The summed E-state index contributed by atoms with van der Waals surface area (Å²) >= 11 is 13.5. The molecule has 3 rings (SSSR count). The minimum Gasteiger partial charge on any atom is -0.355 e. The molecular formula is C21H22Cl2N4OS. The van der Waals surface area contributed by atoms with Crippen LogP contribution in [-0.2, 0) is 17.8 Å². The van der Waals surface area contributed by atoms with Crippen molar-refractivity contribution >= 4 is 40.9 Å². The topological polar surface area (TPSA) is 59.8 Å². The number of carbonyl (C=O) groups excluding carboxylic acids is 1. The fraction of sp³-hybridized carbons (Fsp3) is 0.286. The Bertz CT molecular complexity index is 1010. The highest BCUT2D eigenvalue weighted by Crippen LogP contribution is 2.24. The number of amides is 1. The van der Waals surface area contributed by atoms with Gasteiger partial charge in [-0.15, -0.1) is 10.2 Å². The van der Waals surface area contributed by atoms with Gasteiger partial charge in [0.1, 0.15) is 0 Å². The Morgan fingerprint density at radius 1 is 1.17 bits per heavy atom. The molecule has 1 heterocycles. The van der Waals surface area contributed by atoms with E-state index in [0.29, 0.717) is 23.0 Å². The van der Waals surface area contributed by atoms with Gasteiger partial charge in [0, 0.05) is 28.7 Å². The third-order valence-electron chi connectivity index (χ3n) is 4.37. The van der Waals surface area contributed by atoms with Gasteiger partial charge in [-0.3, -0.25) is 4.79 Å². The van der Waals surface area contributed by atoms with Crippen molar-refractivity contribution in [2.75, 3.05) is 12.3 Å². The lowest BCUT2D eigenvalue weighted by atomic mass is 10.1. The summed E-state index contributed by atoms with van der Waals surface area (Å²) < 4.78 is 2.03. The lowest BCUT2D eigenvalue weighted by Crippen LogP contribution is -2.27. The van der Waals surface area contributed by atoms with E-state index in [1.54, 1.807) is 12.1 Å². The summed E-state index contributed by atoms with van der Waals surface area (Å²) in [5.74, 6) is 1.04. The van der Waals surface area contributed by atoms with Crippen LogP contribution in [0.1, 0.15) is 18.1 Å². The van der Waals surface area contributed by atoms with Gasteiger partial charge in [-0.05, 0) is 44.0 Å². The SMILES string of the molecule is CCn1c(SCC(=O)NCCc2ccc(Cl)cc2Cl)nnc1-c1cccc(C)c1. The average Bonchev–Trinajstić information content (AvgIpc) is 3.11. The standard InChI is InChI=1S/C21H22Cl2N4OS/c1-3-27-20(16-6-4-5-14(2)11-16)25-26-21(27)29-13-19(28)24-10-9-15-7-8-17(22)12-18(15)23/h4-8,11-12H,3,9-10,13H2,1-2H3,(H,24,28). The van der Waals surface area contributed by atoms with Crippen LogP contribution in [0.4, 0.5) is 0 Å². The van der Waals surface area contributed by atoms with Gasteiger partial charge in [-0.25, -0.2) is 0 Å². The number of nitrogens with one attached hydrogen (secondary N) is 1. The maximum atomic E-state index is 12.2. The monoisotopic (exact) mass is 448 g/mol. The predicted molar refractivity (Wildman–Crippen MR) is 120 cm³/mol. The summed E-state index contributed by atoms with van der Waals surface area (Å²) in [6.45, 7) is 5.33. The number of hydrogen-bond acceptors (Lipinski definition) is 4. The summed E-state index contributed by atoms with van der Waals surface area (Å²) in [4.78, 5) is 12.2. The lowest BCUT2D eigenvalue weighted by molar-refractivity contribution is -0.118. The molecule has 0 bridgehead atoms. The molecule has 0 fully saturated rings. The number of hydrogen-bond donors (Lipinski definition) is 1. The smallest absolute Gasteiger partial charge is 0.230 e. The van der Waals surface area contributed by atoms with E-state index in [1.807, 2.05) is 42.7 Å². The Balaban J connectivity index is 1.55. The molecule has 0 aliphatic heterocycles. The predicted octanol–water partition coefficient (Wildman–Crippen LogP) is 5.03. The van der Waals surface area contributed by atoms with Crippen LogP contribution in [0.3, 0.4) is 0 Å². The largest absolute Gasteiger partial charge is 0.355 e. The molecule has 0 radical (unpaired) electrons. The van der Waals surface area contributed by atoms with Crippen molar-refractivity contribution in [2.24, 2.45) is 0 Å². The van der Waals surface area contributed by atoms with E-state index < -0.39 is 0 Å².